The number of hydrogen-bond donors (Lipinski definition) is 2. The van der Waals surface area contributed by atoms with E-state index in [0.29, 0.717) is 12.6 Å². The largest absolute Gasteiger partial charge is 0.477 e. The van der Waals surface area contributed by atoms with E-state index in [1.54, 1.807) is 27.7 Å². The Kier molecular flexibility index (Phi) is 7.89. The van der Waals surface area contributed by atoms with E-state index in [4.69, 9.17) is 16.3 Å². The maximum absolute atomic E-state index is 12.5. The number of amides is 2. The van der Waals surface area contributed by atoms with Gasteiger partial charge in [-0.1, -0.05) is 25.4 Å². The monoisotopic (exact) mass is 409 g/mol. The van der Waals surface area contributed by atoms with Gasteiger partial charge in [-0.3, -0.25) is 9.59 Å². The van der Waals surface area contributed by atoms with Crippen molar-refractivity contribution in [2.75, 3.05) is 13.2 Å². The number of hydrogen-bond acceptors (Lipinski definition) is 4. The molecule has 0 fully saturated rings. The van der Waals surface area contributed by atoms with Crippen LogP contribution in [0.15, 0.2) is 12.3 Å². The lowest BCUT2D eigenvalue weighted by Crippen LogP contribution is -2.55. The summed E-state index contributed by atoms with van der Waals surface area (Å²) in [5.74, 6) is -0.948. The van der Waals surface area contributed by atoms with Crippen molar-refractivity contribution in [3.63, 3.8) is 0 Å². The van der Waals surface area contributed by atoms with Crippen LogP contribution >= 0.6 is 11.6 Å². The molecular formula is C17H23ClF3N3O3. The van der Waals surface area contributed by atoms with Gasteiger partial charge in [0.2, 0.25) is 17.7 Å². The topological polar surface area (TPSA) is 80.3 Å². The summed E-state index contributed by atoms with van der Waals surface area (Å²) in [7, 11) is 0. The fourth-order valence-corrected chi connectivity index (χ4v) is 2.08. The van der Waals surface area contributed by atoms with Crippen LogP contribution in [0.3, 0.4) is 0 Å². The van der Waals surface area contributed by atoms with E-state index >= 15 is 0 Å². The summed E-state index contributed by atoms with van der Waals surface area (Å²) in [4.78, 5) is 27.4. The van der Waals surface area contributed by atoms with Gasteiger partial charge in [-0.15, -0.1) is 0 Å². The number of alkyl halides is 3. The van der Waals surface area contributed by atoms with Gasteiger partial charge in [0, 0.05) is 18.7 Å². The molecule has 27 heavy (non-hydrogen) atoms. The Hall–Kier alpha value is -2.03. The fraction of sp³-hybridized carbons (Fsp3) is 0.588. The smallest absolute Gasteiger partial charge is 0.417 e. The highest BCUT2D eigenvalue weighted by molar-refractivity contribution is 6.31. The van der Waals surface area contributed by atoms with E-state index in [2.05, 4.69) is 15.6 Å². The van der Waals surface area contributed by atoms with Crippen LogP contribution in [0.1, 0.15) is 39.7 Å². The van der Waals surface area contributed by atoms with Crippen LogP contribution in [0.4, 0.5) is 13.2 Å². The molecule has 1 aromatic heterocycles. The number of carbonyl (C=O) groups is 2. The Morgan fingerprint density at radius 3 is 2.44 bits per heavy atom. The first-order valence-corrected chi connectivity index (χ1v) is 8.68. The predicted molar refractivity (Wildman–Crippen MR) is 94.4 cm³/mol. The van der Waals surface area contributed by atoms with Crippen LogP contribution in [0, 0.1) is 5.92 Å². The SMILES string of the molecule is CC(C)C(=O)NC(C)(C)C(=O)NCCCOc1ncc(C(F)(F)F)cc1Cl. The zero-order valence-electron chi connectivity index (χ0n) is 15.5. The third kappa shape index (κ3) is 7.24. The standard InChI is InChI=1S/C17H23ClF3N3O3/c1-10(2)13(25)24-16(3,4)15(26)22-6-5-7-27-14-12(18)8-11(9-23-14)17(19,20)21/h8-10H,5-7H2,1-4H3,(H,22,26)(H,24,25). The van der Waals surface area contributed by atoms with Gasteiger partial charge in [-0.2, -0.15) is 13.2 Å². The molecule has 0 spiro atoms. The summed E-state index contributed by atoms with van der Waals surface area (Å²) in [5, 5.41) is 5.06. The summed E-state index contributed by atoms with van der Waals surface area (Å²) in [6.07, 6.45) is -3.51. The Labute approximate surface area is 160 Å². The number of pyridine rings is 1. The first-order chi connectivity index (χ1) is 12.3. The molecule has 6 nitrogen and oxygen atoms in total. The van der Waals surface area contributed by atoms with Gasteiger partial charge in [-0.25, -0.2) is 4.98 Å². The average Bonchev–Trinajstić information content (AvgIpc) is 2.54. The Bertz CT molecular complexity index is 679. The molecule has 1 heterocycles. The normalized spacial score (nSPS) is 12.0. The number of nitrogens with one attached hydrogen (secondary N) is 2. The summed E-state index contributed by atoms with van der Waals surface area (Å²) in [6.45, 7) is 6.97. The van der Waals surface area contributed by atoms with Gasteiger partial charge in [0.1, 0.15) is 10.6 Å². The van der Waals surface area contributed by atoms with Crippen LogP contribution in [-0.4, -0.2) is 35.5 Å². The van der Waals surface area contributed by atoms with Crippen LogP contribution in [0.25, 0.3) is 0 Å². The summed E-state index contributed by atoms with van der Waals surface area (Å²) < 4.78 is 42.9. The highest BCUT2D eigenvalue weighted by Crippen LogP contribution is 2.33. The van der Waals surface area contributed by atoms with Crippen molar-refractivity contribution in [1.82, 2.24) is 15.6 Å². The molecule has 1 aromatic rings. The van der Waals surface area contributed by atoms with Crippen molar-refractivity contribution in [3.05, 3.63) is 22.8 Å². The number of carbonyl (C=O) groups excluding carboxylic acids is 2. The van der Waals surface area contributed by atoms with E-state index in [1.165, 1.54) is 0 Å². The lowest BCUT2D eigenvalue weighted by Gasteiger charge is -2.26. The minimum Gasteiger partial charge on any atom is -0.477 e. The molecule has 0 unspecified atom stereocenters. The van der Waals surface area contributed by atoms with Crippen molar-refractivity contribution in [3.8, 4) is 5.88 Å². The van der Waals surface area contributed by atoms with Crippen molar-refractivity contribution < 1.29 is 27.5 Å². The summed E-state index contributed by atoms with van der Waals surface area (Å²) in [6, 6.07) is 0.742. The second-order valence-corrected chi connectivity index (χ2v) is 7.14. The van der Waals surface area contributed by atoms with Crippen molar-refractivity contribution in [2.24, 2.45) is 5.92 Å². The van der Waals surface area contributed by atoms with Crippen molar-refractivity contribution >= 4 is 23.4 Å². The number of rotatable bonds is 8. The molecule has 0 atom stereocenters. The fourth-order valence-electron chi connectivity index (χ4n) is 1.86. The summed E-state index contributed by atoms with van der Waals surface area (Å²) in [5.41, 5.74) is -2.03. The van der Waals surface area contributed by atoms with Crippen LogP contribution in [0.5, 0.6) is 5.88 Å². The third-order valence-corrected chi connectivity index (χ3v) is 3.78. The molecule has 0 saturated heterocycles. The average molecular weight is 410 g/mol. The molecule has 0 radical (unpaired) electrons. The van der Waals surface area contributed by atoms with Gasteiger partial charge in [0.05, 0.1) is 12.2 Å². The Morgan fingerprint density at radius 1 is 1.30 bits per heavy atom. The molecule has 2 amide bonds. The first-order valence-electron chi connectivity index (χ1n) is 8.30. The predicted octanol–water partition coefficient (Wildman–Crippen LogP) is 3.19. The van der Waals surface area contributed by atoms with Crippen molar-refractivity contribution in [1.29, 1.82) is 0 Å². The molecule has 2 N–H and O–H groups in total. The van der Waals surface area contributed by atoms with Crippen LogP contribution in [0.2, 0.25) is 5.02 Å². The van der Waals surface area contributed by atoms with Gasteiger partial charge < -0.3 is 15.4 Å². The molecule has 0 aliphatic rings. The zero-order valence-corrected chi connectivity index (χ0v) is 16.3. The second-order valence-electron chi connectivity index (χ2n) is 6.74. The van der Waals surface area contributed by atoms with E-state index in [1.807, 2.05) is 0 Å². The molecule has 0 aliphatic heterocycles. The Morgan fingerprint density at radius 2 is 1.93 bits per heavy atom. The Balaban J connectivity index is 2.42. The molecule has 10 heteroatoms. The van der Waals surface area contributed by atoms with Gasteiger partial charge in [0.25, 0.3) is 0 Å². The van der Waals surface area contributed by atoms with E-state index in [-0.39, 0.29) is 41.8 Å². The number of ether oxygens (including phenoxy) is 1. The summed E-state index contributed by atoms with van der Waals surface area (Å²) >= 11 is 5.74. The zero-order chi connectivity index (χ0) is 20.8. The van der Waals surface area contributed by atoms with Crippen LogP contribution in [-0.2, 0) is 15.8 Å². The van der Waals surface area contributed by atoms with E-state index in [0.717, 1.165) is 6.07 Å². The second kappa shape index (κ2) is 9.25. The van der Waals surface area contributed by atoms with Gasteiger partial charge in [0.15, 0.2) is 0 Å². The molecule has 152 valence electrons. The van der Waals surface area contributed by atoms with Gasteiger partial charge in [-0.05, 0) is 26.3 Å². The molecule has 0 bridgehead atoms. The van der Waals surface area contributed by atoms with Crippen LogP contribution < -0.4 is 15.4 Å². The first kappa shape index (κ1) is 23.0. The lowest BCUT2D eigenvalue weighted by atomic mass is 10.0. The highest BCUT2D eigenvalue weighted by Gasteiger charge is 2.32. The molecule has 1 rings (SSSR count). The van der Waals surface area contributed by atoms with Gasteiger partial charge >= 0.3 is 6.18 Å². The molecule has 0 aliphatic carbocycles. The lowest BCUT2D eigenvalue weighted by molar-refractivity contribution is -0.137. The van der Waals surface area contributed by atoms with E-state index < -0.39 is 17.3 Å². The third-order valence-electron chi connectivity index (χ3n) is 3.51. The van der Waals surface area contributed by atoms with Crippen molar-refractivity contribution in [2.45, 2.75) is 45.8 Å². The number of aromatic nitrogens is 1. The molecular weight excluding hydrogens is 387 g/mol. The number of nitrogens with zero attached hydrogens (tertiary/aromatic N) is 1. The quantitative estimate of drug-likeness (QED) is 0.646. The minimum absolute atomic E-state index is 0.0944. The molecule has 0 aromatic carbocycles. The maximum Gasteiger partial charge on any atom is 0.417 e. The number of halogens is 4. The van der Waals surface area contributed by atoms with E-state index in [9.17, 15) is 22.8 Å². The highest BCUT2D eigenvalue weighted by atomic mass is 35.5. The molecule has 0 saturated carbocycles. The minimum atomic E-state index is -4.53. The maximum atomic E-state index is 12.5.